The quantitative estimate of drug-likeness (QED) is 0.682. The van der Waals surface area contributed by atoms with Crippen LogP contribution in [0.2, 0.25) is 0 Å². The minimum absolute atomic E-state index is 0.0761. The highest BCUT2D eigenvalue weighted by molar-refractivity contribution is 5.77. The van der Waals surface area contributed by atoms with E-state index in [9.17, 15) is 4.79 Å². The summed E-state index contributed by atoms with van der Waals surface area (Å²) in [6.45, 7) is -0.138. The maximum atomic E-state index is 11.3. The van der Waals surface area contributed by atoms with E-state index < -0.39 is 0 Å². The van der Waals surface area contributed by atoms with Crippen molar-refractivity contribution in [1.82, 2.24) is 9.55 Å². The van der Waals surface area contributed by atoms with Crippen LogP contribution in [-0.4, -0.2) is 14.7 Å². The molecule has 0 aliphatic rings. The second kappa shape index (κ2) is 2.99. The zero-order chi connectivity index (χ0) is 9.26. The lowest BCUT2D eigenvalue weighted by Gasteiger charge is -2.05. The number of fused-ring (bicyclic) bond motifs is 1. The van der Waals surface area contributed by atoms with E-state index in [1.807, 2.05) is 0 Å². The van der Waals surface area contributed by atoms with Crippen LogP contribution in [-0.2, 0) is 6.73 Å². The summed E-state index contributed by atoms with van der Waals surface area (Å²) >= 11 is 0. The molecule has 2 aromatic rings. The maximum absolute atomic E-state index is 11.3. The molecule has 2 heterocycles. The standard InChI is InChI=1S/C9H8N2O2/c12-6-11-4-2-9(13)7-5-10-3-1-8(7)11/h1-5,12H,6H2. The number of aliphatic hydroxyl groups is 1. The van der Waals surface area contributed by atoms with Crippen LogP contribution >= 0.6 is 0 Å². The molecule has 0 fully saturated rings. The molecule has 13 heavy (non-hydrogen) atoms. The van der Waals surface area contributed by atoms with Crippen molar-refractivity contribution in [3.63, 3.8) is 0 Å². The summed E-state index contributed by atoms with van der Waals surface area (Å²) in [4.78, 5) is 15.2. The molecule has 0 aromatic carbocycles. The molecule has 0 saturated heterocycles. The second-order valence-corrected chi connectivity index (χ2v) is 2.68. The lowest BCUT2D eigenvalue weighted by atomic mass is 10.2. The van der Waals surface area contributed by atoms with Crippen molar-refractivity contribution in [3.05, 3.63) is 40.9 Å². The summed E-state index contributed by atoms with van der Waals surface area (Å²) in [6.07, 6.45) is 4.66. The van der Waals surface area contributed by atoms with E-state index in [-0.39, 0.29) is 12.2 Å². The average Bonchev–Trinajstić information content (AvgIpc) is 2.19. The summed E-state index contributed by atoms with van der Waals surface area (Å²) in [7, 11) is 0. The maximum Gasteiger partial charge on any atom is 0.190 e. The fourth-order valence-electron chi connectivity index (χ4n) is 1.28. The number of hydrogen-bond acceptors (Lipinski definition) is 3. The summed E-state index contributed by atoms with van der Waals surface area (Å²) in [5.74, 6) is 0. The first-order chi connectivity index (χ1) is 6.33. The van der Waals surface area contributed by atoms with Crippen molar-refractivity contribution in [2.45, 2.75) is 6.73 Å². The molecule has 0 bridgehead atoms. The van der Waals surface area contributed by atoms with Crippen LogP contribution in [0.25, 0.3) is 10.9 Å². The number of nitrogens with zero attached hydrogens (tertiary/aromatic N) is 2. The minimum Gasteiger partial charge on any atom is -0.376 e. The van der Waals surface area contributed by atoms with Gasteiger partial charge in [-0.1, -0.05) is 0 Å². The second-order valence-electron chi connectivity index (χ2n) is 2.68. The van der Waals surface area contributed by atoms with E-state index in [2.05, 4.69) is 4.98 Å². The summed E-state index contributed by atoms with van der Waals surface area (Å²) < 4.78 is 1.58. The average molecular weight is 176 g/mol. The van der Waals surface area contributed by atoms with Crippen LogP contribution < -0.4 is 5.43 Å². The lowest BCUT2D eigenvalue weighted by molar-refractivity contribution is 0.214. The Morgan fingerprint density at radius 2 is 2.31 bits per heavy atom. The fraction of sp³-hybridized carbons (Fsp3) is 0.111. The summed E-state index contributed by atoms with van der Waals surface area (Å²) in [6, 6.07) is 3.12. The number of aliphatic hydroxyl groups excluding tert-OH is 1. The van der Waals surface area contributed by atoms with Gasteiger partial charge in [0.05, 0.1) is 10.9 Å². The van der Waals surface area contributed by atoms with E-state index in [0.717, 1.165) is 0 Å². The zero-order valence-corrected chi connectivity index (χ0v) is 6.84. The zero-order valence-electron chi connectivity index (χ0n) is 6.84. The van der Waals surface area contributed by atoms with Crippen molar-refractivity contribution in [2.75, 3.05) is 0 Å². The molecule has 0 radical (unpaired) electrons. The van der Waals surface area contributed by atoms with Gasteiger partial charge in [0, 0.05) is 24.7 Å². The van der Waals surface area contributed by atoms with Gasteiger partial charge in [0.2, 0.25) is 0 Å². The van der Waals surface area contributed by atoms with Gasteiger partial charge in [-0.2, -0.15) is 0 Å². The first-order valence-corrected chi connectivity index (χ1v) is 3.87. The number of aromatic nitrogens is 2. The first kappa shape index (κ1) is 7.94. The van der Waals surface area contributed by atoms with Gasteiger partial charge < -0.3 is 9.67 Å². The number of pyridine rings is 2. The molecule has 66 valence electrons. The topological polar surface area (TPSA) is 55.1 Å². The normalized spacial score (nSPS) is 10.5. The third-order valence-electron chi connectivity index (χ3n) is 1.93. The Hall–Kier alpha value is -1.68. The Morgan fingerprint density at radius 3 is 3.08 bits per heavy atom. The molecule has 4 heteroatoms. The Balaban J connectivity index is 2.93. The molecule has 0 aliphatic heterocycles. The Morgan fingerprint density at radius 1 is 1.46 bits per heavy atom. The van der Waals surface area contributed by atoms with Crippen LogP contribution in [0.3, 0.4) is 0 Å². The van der Waals surface area contributed by atoms with Gasteiger partial charge in [-0.25, -0.2) is 0 Å². The van der Waals surface area contributed by atoms with Gasteiger partial charge in [0.1, 0.15) is 6.73 Å². The van der Waals surface area contributed by atoms with E-state index in [1.165, 1.54) is 12.3 Å². The molecule has 2 rings (SSSR count). The van der Waals surface area contributed by atoms with E-state index in [0.29, 0.717) is 10.9 Å². The van der Waals surface area contributed by atoms with Crippen molar-refractivity contribution in [1.29, 1.82) is 0 Å². The monoisotopic (exact) mass is 176 g/mol. The third-order valence-corrected chi connectivity index (χ3v) is 1.93. The lowest BCUT2D eigenvalue weighted by Crippen LogP contribution is -2.07. The highest BCUT2D eigenvalue weighted by atomic mass is 16.3. The van der Waals surface area contributed by atoms with Crippen LogP contribution in [0.5, 0.6) is 0 Å². The van der Waals surface area contributed by atoms with Crippen LogP contribution in [0, 0.1) is 0 Å². The largest absolute Gasteiger partial charge is 0.376 e. The Labute approximate surface area is 74.1 Å². The van der Waals surface area contributed by atoms with Gasteiger partial charge in [0.25, 0.3) is 0 Å². The number of rotatable bonds is 1. The Kier molecular flexibility index (Phi) is 1.83. The van der Waals surface area contributed by atoms with E-state index >= 15 is 0 Å². The molecule has 0 atom stereocenters. The third kappa shape index (κ3) is 1.21. The molecule has 0 amide bonds. The molecule has 0 saturated carbocycles. The van der Waals surface area contributed by atoms with E-state index in [4.69, 9.17) is 5.11 Å². The smallest absolute Gasteiger partial charge is 0.190 e. The molecule has 4 nitrogen and oxygen atoms in total. The minimum atomic E-state index is -0.138. The van der Waals surface area contributed by atoms with Crippen LogP contribution in [0.15, 0.2) is 35.5 Å². The van der Waals surface area contributed by atoms with Crippen molar-refractivity contribution >= 4 is 10.9 Å². The van der Waals surface area contributed by atoms with Crippen molar-refractivity contribution < 1.29 is 5.11 Å². The summed E-state index contributed by atoms with van der Waals surface area (Å²) in [5.41, 5.74) is 0.623. The van der Waals surface area contributed by atoms with Crippen LogP contribution in [0.1, 0.15) is 0 Å². The van der Waals surface area contributed by atoms with Gasteiger partial charge >= 0.3 is 0 Å². The molecule has 2 aromatic heterocycles. The predicted octanol–water partition coefficient (Wildman–Crippen LogP) is 0.346. The van der Waals surface area contributed by atoms with Gasteiger partial charge in [-0.15, -0.1) is 0 Å². The molecule has 0 spiro atoms. The molecule has 0 unspecified atom stereocenters. The first-order valence-electron chi connectivity index (χ1n) is 3.87. The van der Waals surface area contributed by atoms with Crippen LogP contribution in [0.4, 0.5) is 0 Å². The highest BCUT2D eigenvalue weighted by Crippen LogP contribution is 2.06. The molecule has 1 N–H and O–H groups in total. The highest BCUT2D eigenvalue weighted by Gasteiger charge is 1.99. The fourth-order valence-corrected chi connectivity index (χ4v) is 1.28. The van der Waals surface area contributed by atoms with Gasteiger partial charge in [-0.05, 0) is 6.07 Å². The predicted molar refractivity (Wildman–Crippen MR) is 48.2 cm³/mol. The number of hydrogen-bond donors (Lipinski definition) is 1. The molecular weight excluding hydrogens is 168 g/mol. The Bertz CT molecular complexity index is 490. The summed E-state index contributed by atoms with van der Waals surface area (Å²) in [5, 5.41) is 9.49. The SMILES string of the molecule is O=c1ccn(CO)c2ccncc12. The molecular formula is C9H8N2O2. The molecule has 0 aliphatic carbocycles. The van der Waals surface area contributed by atoms with Crippen molar-refractivity contribution in [3.8, 4) is 0 Å². The van der Waals surface area contributed by atoms with E-state index in [1.54, 1.807) is 23.0 Å². The van der Waals surface area contributed by atoms with Gasteiger partial charge in [-0.3, -0.25) is 9.78 Å². The van der Waals surface area contributed by atoms with Gasteiger partial charge in [0.15, 0.2) is 5.43 Å². The van der Waals surface area contributed by atoms with Crippen molar-refractivity contribution in [2.24, 2.45) is 0 Å².